The van der Waals surface area contributed by atoms with Gasteiger partial charge in [0.2, 0.25) is 11.8 Å². The molecule has 0 spiro atoms. The van der Waals surface area contributed by atoms with Crippen LogP contribution in [0.3, 0.4) is 0 Å². The van der Waals surface area contributed by atoms with Crippen molar-refractivity contribution in [2.75, 3.05) is 6.54 Å². The summed E-state index contributed by atoms with van der Waals surface area (Å²) in [5.74, 6) is -0.569. The zero-order chi connectivity index (χ0) is 13.1. The van der Waals surface area contributed by atoms with Gasteiger partial charge in [0, 0.05) is 31.8 Å². The minimum absolute atomic E-state index is 0.154. The third-order valence-corrected chi connectivity index (χ3v) is 3.02. The first kappa shape index (κ1) is 12.5. The predicted octanol–water partition coefficient (Wildman–Crippen LogP) is -0.675. The number of nitrogens with zero attached hydrogens (tertiary/aromatic N) is 2. The highest BCUT2D eigenvalue weighted by Crippen LogP contribution is 2.11. The van der Waals surface area contributed by atoms with E-state index in [0.717, 1.165) is 4.90 Å². The van der Waals surface area contributed by atoms with Crippen LogP contribution in [0.2, 0.25) is 0 Å². The monoisotopic (exact) mass is 249 g/mol. The van der Waals surface area contributed by atoms with E-state index in [9.17, 15) is 14.4 Å². The summed E-state index contributed by atoms with van der Waals surface area (Å²) in [7, 11) is 0. The number of amides is 2. The molecule has 1 aliphatic heterocycles. The summed E-state index contributed by atoms with van der Waals surface area (Å²) < 4.78 is 1.46. The molecule has 0 aromatic carbocycles. The molecule has 2 heterocycles. The van der Waals surface area contributed by atoms with E-state index in [4.69, 9.17) is 5.73 Å². The van der Waals surface area contributed by atoms with E-state index < -0.39 is 6.04 Å². The Bertz CT molecular complexity index is 523. The number of piperidine rings is 1. The van der Waals surface area contributed by atoms with E-state index >= 15 is 0 Å². The van der Waals surface area contributed by atoms with E-state index in [-0.39, 0.29) is 30.3 Å². The molecule has 1 aromatic heterocycles. The lowest BCUT2D eigenvalue weighted by Gasteiger charge is -2.28. The van der Waals surface area contributed by atoms with Gasteiger partial charge < -0.3 is 10.3 Å². The van der Waals surface area contributed by atoms with Crippen LogP contribution in [0.25, 0.3) is 0 Å². The summed E-state index contributed by atoms with van der Waals surface area (Å²) >= 11 is 0. The second kappa shape index (κ2) is 5.14. The Morgan fingerprint density at radius 2 is 2.00 bits per heavy atom. The number of carbonyl (C=O) groups excluding carboxylic acids is 2. The molecule has 1 saturated heterocycles. The number of carbonyl (C=O) groups is 2. The lowest BCUT2D eigenvalue weighted by atomic mass is 10.1. The summed E-state index contributed by atoms with van der Waals surface area (Å²) in [6.45, 7) is 0.485. The fraction of sp³-hybridized carbons (Fsp3) is 0.417. The Labute approximate surface area is 104 Å². The van der Waals surface area contributed by atoms with Crippen LogP contribution in [-0.4, -0.2) is 33.9 Å². The third kappa shape index (κ3) is 2.48. The van der Waals surface area contributed by atoms with Gasteiger partial charge in [-0.3, -0.25) is 19.3 Å². The van der Waals surface area contributed by atoms with Crippen molar-refractivity contribution in [2.45, 2.75) is 25.4 Å². The zero-order valence-electron chi connectivity index (χ0n) is 9.91. The maximum atomic E-state index is 11.7. The molecule has 0 bridgehead atoms. The summed E-state index contributed by atoms with van der Waals surface area (Å²) in [5, 5.41) is 0. The second-order valence-electron chi connectivity index (χ2n) is 4.26. The van der Waals surface area contributed by atoms with Crippen LogP contribution in [0.1, 0.15) is 12.8 Å². The smallest absolute Gasteiger partial charge is 0.250 e. The Hall–Kier alpha value is -1.95. The first-order chi connectivity index (χ1) is 8.59. The van der Waals surface area contributed by atoms with Crippen LogP contribution in [0.4, 0.5) is 0 Å². The molecule has 96 valence electrons. The van der Waals surface area contributed by atoms with Gasteiger partial charge in [-0.15, -0.1) is 0 Å². The van der Waals surface area contributed by atoms with Crippen LogP contribution in [0.5, 0.6) is 0 Å². The number of nitrogens with two attached hydrogens (primary N) is 1. The molecular weight excluding hydrogens is 234 g/mol. The number of rotatable bonds is 3. The minimum Gasteiger partial charge on any atom is -0.320 e. The van der Waals surface area contributed by atoms with E-state index in [1.807, 2.05) is 0 Å². The standard InChI is InChI=1S/C12H15N3O3/c13-9-4-5-11(17)15(12(9)18)8-7-14-6-2-1-3-10(14)16/h1-3,6,9H,4-5,7-8,13H2. The van der Waals surface area contributed by atoms with Crippen molar-refractivity contribution in [2.24, 2.45) is 5.73 Å². The second-order valence-corrected chi connectivity index (χ2v) is 4.26. The molecule has 2 N–H and O–H groups in total. The topological polar surface area (TPSA) is 85.4 Å². The molecule has 0 aliphatic carbocycles. The summed E-state index contributed by atoms with van der Waals surface area (Å²) in [5.41, 5.74) is 5.46. The fourth-order valence-electron chi connectivity index (χ4n) is 1.95. The van der Waals surface area contributed by atoms with Crippen molar-refractivity contribution in [3.05, 3.63) is 34.7 Å². The predicted molar refractivity (Wildman–Crippen MR) is 64.6 cm³/mol. The minimum atomic E-state index is -0.602. The van der Waals surface area contributed by atoms with Gasteiger partial charge in [0.05, 0.1) is 6.04 Å². The van der Waals surface area contributed by atoms with Crippen molar-refractivity contribution < 1.29 is 9.59 Å². The van der Waals surface area contributed by atoms with E-state index in [0.29, 0.717) is 13.0 Å². The molecule has 0 saturated carbocycles. The lowest BCUT2D eigenvalue weighted by Crippen LogP contribution is -2.52. The Morgan fingerprint density at radius 1 is 1.22 bits per heavy atom. The Morgan fingerprint density at radius 3 is 2.72 bits per heavy atom. The van der Waals surface area contributed by atoms with Crippen LogP contribution < -0.4 is 11.3 Å². The molecule has 0 radical (unpaired) electrons. The van der Waals surface area contributed by atoms with Gasteiger partial charge >= 0.3 is 0 Å². The first-order valence-corrected chi connectivity index (χ1v) is 5.85. The normalized spacial score (nSPS) is 20.3. The molecule has 1 fully saturated rings. The van der Waals surface area contributed by atoms with Gasteiger partial charge in [0.15, 0.2) is 0 Å². The number of pyridine rings is 1. The quantitative estimate of drug-likeness (QED) is 0.719. The molecule has 1 aromatic rings. The van der Waals surface area contributed by atoms with Crippen molar-refractivity contribution in [1.29, 1.82) is 0 Å². The highest BCUT2D eigenvalue weighted by Gasteiger charge is 2.31. The van der Waals surface area contributed by atoms with Crippen molar-refractivity contribution in [3.63, 3.8) is 0 Å². The maximum absolute atomic E-state index is 11.7. The van der Waals surface area contributed by atoms with Gasteiger partial charge in [0.25, 0.3) is 5.56 Å². The van der Waals surface area contributed by atoms with Crippen LogP contribution in [0, 0.1) is 0 Å². The van der Waals surface area contributed by atoms with E-state index in [2.05, 4.69) is 0 Å². The van der Waals surface area contributed by atoms with Gasteiger partial charge in [0.1, 0.15) is 0 Å². The highest BCUT2D eigenvalue weighted by atomic mass is 16.2. The maximum Gasteiger partial charge on any atom is 0.250 e. The molecule has 1 unspecified atom stereocenters. The van der Waals surface area contributed by atoms with E-state index in [1.165, 1.54) is 10.6 Å². The van der Waals surface area contributed by atoms with Gasteiger partial charge in [-0.2, -0.15) is 0 Å². The van der Waals surface area contributed by atoms with E-state index in [1.54, 1.807) is 18.3 Å². The lowest BCUT2D eigenvalue weighted by molar-refractivity contribution is -0.149. The SMILES string of the molecule is NC1CCC(=O)N(CCn2ccccc2=O)C1=O. The van der Waals surface area contributed by atoms with Crippen LogP contribution in [0.15, 0.2) is 29.2 Å². The van der Waals surface area contributed by atoms with Gasteiger partial charge in [-0.05, 0) is 12.5 Å². The molecule has 6 heteroatoms. The van der Waals surface area contributed by atoms with Crippen molar-refractivity contribution in [3.8, 4) is 0 Å². The van der Waals surface area contributed by atoms with Gasteiger partial charge in [-0.1, -0.05) is 6.07 Å². The average molecular weight is 249 g/mol. The van der Waals surface area contributed by atoms with Crippen molar-refractivity contribution in [1.82, 2.24) is 9.47 Å². The number of hydrogen-bond acceptors (Lipinski definition) is 4. The number of imide groups is 1. The van der Waals surface area contributed by atoms with Crippen molar-refractivity contribution >= 4 is 11.8 Å². The average Bonchev–Trinajstić information content (AvgIpc) is 2.36. The molecule has 1 aliphatic rings. The van der Waals surface area contributed by atoms with Crippen LogP contribution in [-0.2, 0) is 16.1 Å². The Kier molecular flexibility index (Phi) is 3.57. The first-order valence-electron chi connectivity index (χ1n) is 5.85. The van der Waals surface area contributed by atoms with Gasteiger partial charge in [-0.25, -0.2) is 0 Å². The van der Waals surface area contributed by atoms with Crippen LogP contribution >= 0.6 is 0 Å². The molecule has 6 nitrogen and oxygen atoms in total. The number of hydrogen-bond donors (Lipinski definition) is 1. The Balaban J connectivity index is 2.05. The molecule has 18 heavy (non-hydrogen) atoms. The summed E-state index contributed by atoms with van der Waals surface area (Å²) in [4.78, 5) is 36.0. The number of aromatic nitrogens is 1. The summed E-state index contributed by atoms with van der Waals surface area (Å²) in [6.07, 6.45) is 2.32. The molecule has 2 rings (SSSR count). The number of likely N-dealkylation sites (tertiary alicyclic amines) is 1. The molecule has 2 amide bonds. The highest BCUT2D eigenvalue weighted by molar-refractivity contribution is 6.00. The fourth-order valence-corrected chi connectivity index (χ4v) is 1.95. The zero-order valence-corrected chi connectivity index (χ0v) is 9.91. The molecular formula is C12H15N3O3. The summed E-state index contributed by atoms with van der Waals surface area (Å²) in [6, 6.07) is 4.21. The largest absolute Gasteiger partial charge is 0.320 e. The molecule has 1 atom stereocenters. The third-order valence-electron chi connectivity index (χ3n) is 3.02.